The van der Waals surface area contributed by atoms with Crippen molar-refractivity contribution in [2.45, 2.75) is 51.9 Å². The quantitative estimate of drug-likeness (QED) is 0.153. The number of Topliss-reactive ketones (excluding diaryl/α,β-unsaturated/α-hetero) is 1. The fourth-order valence-electron chi connectivity index (χ4n) is 6.08. The number of rotatable bonds is 8. The van der Waals surface area contributed by atoms with Crippen molar-refractivity contribution in [2.24, 2.45) is 5.92 Å². The number of fused-ring (bicyclic) bond motifs is 1. The van der Waals surface area contributed by atoms with E-state index in [0.717, 1.165) is 53.8 Å². The van der Waals surface area contributed by atoms with Gasteiger partial charge in [-0.25, -0.2) is 9.48 Å². The zero-order valence-electron chi connectivity index (χ0n) is 27.0. The zero-order valence-corrected chi connectivity index (χ0v) is 27.0. The molecule has 0 saturated carbocycles. The van der Waals surface area contributed by atoms with Gasteiger partial charge in [0.2, 0.25) is 5.78 Å². The topological polar surface area (TPSA) is 110 Å². The fraction of sp³-hybridized carbons (Fsp3) is 0.324. The van der Waals surface area contributed by atoms with E-state index in [2.05, 4.69) is 36.7 Å². The molecule has 1 aliphatic heterocycles. The van der Waals surface area contributed by atoms with Gasteiger partial charge in [-0.15, -0.1) is 0 Å². The molecule has 5 aromatic rings. The molecule has 6 rings (SSSR count). The third-order valence-electron chi connectivity index (χ3n) is 8.65. The molecule has 1 fully saturated rings. The molecule has 0 bridgehead atoms. The van der Waals surface area contributed by atoms with E-state index >= 15 is 0 Å². The maximum Gasteiger partial charge on any atom is 0.324 e. The summed E-state index contributed by atoms with van der Waals surface area (Å²) >= 11 is 0. The van der Waals surface area contributed by atoms with Crippen LogP contribution in [-0.2, 0) is 5.41 Å². The summed E-state index contributed by atoms with van der Waals surface area (Å²) < 4.78 is 13.2. The van der Waals surface area contributed by atoms with Crippen LogP contribution in [0.4, 0.5) is 16.3 Å². The first-order chi connectivity index (χ1) is 22.1. The van der Waals surface area contributed by atoms with Crippen molar-refractivity contribution in [1.82, 2.24) is 15.1 Å². The Morgan fingerprint density at radius 3 is 2.43 bits per heavy atom. The van der Waals surface area contributed by atoms with Gasteiger partial charge in [0.25, 0.3) is 0 Å². The number of aryl methyl sites for hydroxylation is 1. The molecule has 3 N–H and O–H groups in total. The molecule has 46 heavy (non-hydrogen) atoms. The number of hydrogen-bond acceptors (Lipinski definition) is 6. The number of aromatic nitrogens is 2. The van der Waals surface area contributed by atoms with Crippen molar-refractivity contribution in [3.8, 4) is 11.4 Å². The van der Waals surface area contributed by atoms with Crippen LogP contribution < -0.4 is 20.7 Å². The number of piperidine rings is 1. The number of amides is 2. The Balaban J connectivity index is 1.32. The standard InChI is InChI=1S/C37H41N5O4/c1-23-10-12-26(13-11-23)42-33(22-32(41-42)37(2,3)4)40-36(44)39-29-9-7-6-8-28(29)34(24-16-18-38-19-17-24)35(43)31-21-25-20-27(45-5)14-15-30(25)46-31/h6-15,20-22,24,34,38H,16-19H2,1-5H3,(H2,39,40,44). The van der Waals surface area contributed by atoms with Gasteiger partial charge in [-0.2, -0.15) is 5.10 Å². The van der Waals surface area contributed by atoms with Gasteiger partial charge in [0.15, 0.2) is 5.76 Å². The largest absolute Gasteiger partial charge is 0.497 e. The predicted octanol–water partition coefficient (Wildman–Crippen LogP) is 7.84. The molecule has 1 saturated heterocycles. The van der Waals surface area contributed by atoms with E-state index in [1.807, 2.05) is 79.7 Å². The molecule has 3 heterocycles. The molecule has 238 valence electrons. The highest BCUT2D eigenvalue weighted by molar-refractivity contribution is 6.04. The lowest BCUT2D eigenvalue weighted by molar-refractivity contribution is 0.0890. The van der Waals surface area contributed by atoms with Crippen LogP contribution in [0.15, 0.2) is 83.3 Å². The molecule has 2 aromatic heterocycles. The van der Waals surface area contributed by atoms with E-state index in [4.69, 9.17) is 14.3 Å². The van der Waals surface area contributed by atoms with Crippen LogP contribution in [0.1, 0.15) is 66.9 Å². The zero-order chi connectivity index (χ0) is 32.4. The van der Waals surface area contributed by atoms with Crippen molar-refractivity contribution in [3.05, 3.63) is 101 Å². The number of nitrogens with zero attached hydrogens (tertiary/aromatic N) is 2. The smallest absolute Gasteiger partial charge is 0.324 e. The van der Waals surface area contributed by atoms with Gasteiger partial charge < -0.3 is 19.8 Å². The lowest BCUT2D eigenvalue weighted by Crippen LogP contribution is -2.34. The summed E-state index contributed by atoms with van der Waals surface area (Å²) in [7, 11) is 1.61. The lowest BCUT2D eigenvalue weighted by Gasteiger charge is -2.31. The number of benzene rings is 3. The number of nitrogens with one attached hydrogen (secondary N) is 3. The number of ether oxygens (including phenoxy) is 1. The Kier molecular flexibility index (Phi) is 8.69. The van der Waals surface area contributed by atoms with E-state index < -0.39 is 11.9 Å². The molecule has 3 aromatic carbocycles. The molecule has 2 amide bonds. The second-order valence-corrected chi connectivity index (χ2v) is 13.0. The highest BCUT2D eigenvalue weighted by Gasteiger charge is 2.35. The molecule has 1 unspecified atom stereocenters. The molecular weight excluding hydrogens is 578 g/mol. The Bertz CT molecular complexity index is 1860. The van der Waals surface area contributed by atoms with Crippen molar-refractivity contribution in [3.63, 3.8) is 0 Å². The lowest BCUT2D eigenvalue weighted by atomic mass is 9.76. The van der Waals surface area contributed by atoms with Crippen LogP contribution in [0.2, 0.25) is 0 Å². The second-order valence-electron chi connectivity index (χ2n) is 13.0. The monoisotopic (exact) mass is 619 g/mol. The van der Waals surface area contributed by atoms with Crippen LogP contribution in [-0.4, -0.2) is 41.8 Å². The Morgan fingerprint density at radius 2 is 1.72 bits per heavy atom. The summed E-state index contributed by atoms with van der Waals surface area (Å²) in [6.07, 6.45) is 1.66. The molecule has 9 heteroatoms. The number of urea groups is 1. The van der Waals surface area contributed by atoms with Crippen molar-refractivity contribution < 1.29 is 18.7 Å². The summed E-state index contributed by atoms with van der Waals surface area (Å²) in [5, 5.41) is 15.1. The average Bonchev–Trinajstić information content (AvgIpc) is 3.67. The SMILES string of the molecule is COc1ccc2oc(C(=O)C(c3ccccc3NC(=O)Nc3cc(C(C)(C)C)nn3-c3ccc(C)cc3)C3CCNCC3)cc2c1. The van der Waals surface area contributed by atoms with Crippen LogP contribution >= 0.6 is 0 Å². The molecule has 0 radical (unpaired) electrons. The van der Waals surface area contributed by atoms with Gasteiger partial charge >= 0.3 is 6.03 Å². The van der Waals surface area contributed by atoms with Crippen LogP contribution in [0.5, 0.6) is 5.75 Å². The van der Waals surface area contributed by atoms with Crippen LogP contribution in [0.3, 0.4) is 0 Å². The highest BCUT2D eigenvalue weighted by Crippen LogP contribution is 2.39. The van der Waals surface area contributed by atoms with Crippen molar-refractivity contribution >= 4 is 34.3 Å². The number of carbonyl (C=O) groups is 2. The summed E-state index contributed by atoms with van der Waals surface area (Å²) in [4.78, 5) is 28.0. The van der Waals surface area contributed by atoms with Crippen molar-refractivity contribution in [1.29, 1.82) is 0 Å². The van der Waals surface area contributed by atoms with Crippen LogP contribution in [0.25, 0.3) is 16.7 Å². The van der Waals surface area contributed by atoms with Gasteiger partial charge in [-0.3, -0.25) is 10.1 Å². The maximum absolute atomic E-state index is 14.3. The number of methoxy groups -OCH3 is 1. The highest BCUT2D eigenvalue weighted by atomic mass is 16.5. The first-order valence-electron chi connectivity index (χ1n) is 15.8. The number of para-hydroxylation sites is 1. The first-order valence-corrected chi connectivity index (χ1v) is 15.8. The van der Waals surface area contributed by atoms with E-state index in [0.29, 0.717) is 28.6 Å². The van der Waals surface area contributed by atoms with Gasteiger partial charge in [-0.05, 0) is 86.8 Å². The summed E-state index contributed by atoms with van der Waals surface area (Å²) in [6, 6.07) is 24.3. The van der Waals surface area contributed by atoms with E-state index in [1.165, 1.54) is 0 Å². The summed E-state index contributed by atoms with van der Waals surface area (Å²) in [5.74, 6) is 0.992. The van der Waals surface area contributed by atoms with E-state index in [1.54, 1.807) is 17.9 Å². The minimum atomic E-state index is -0.508. The molecule has 0 spiro atoms. The first kappa shape index (κ1) is 31.1. The Morgan fingerprint density at radius 1 is 0.978 bits per heavy atom. The number of ketones is 1. The van der Waals surface area contributed by atoms with Crippen LogP contribution in [0, 0.1) is 12.8 Å². The number of anilines is 2. The third kappa shape index (κ3) is 6.55. The molecule has 1 aliphatic rings. The van der Waals surface area contributed by atoms with Gasteiger partial charge in [0.05, 0.1) is 24.4 Å². The number of hydrogen-bond donors (Lipinski definition) is 3. The third-order valence-corrected chi connectivity index (χ3v) is 8.65. The fourth-order valence-corrected chi connectivity index (χ4v) is 6.08. The maximum atomic E-state index is 14.3. The Labute approximate surface area is 269 Å². The predicted molar refractivity (Wildman–Crippen MR) is 182 cm³/mol. The molecule has 9 nitrogen and oxygen atoms in total. The number of carbonyl (C=O) groups excluding carboxylic acids is 2. The summed E-state index contributed by atoms with van der Waals surface area (Å²) in [5.41, 5.74) is 4.57. The van der Waals surface area contributed by atoms with Gasteiger partial charge in [0.1, 0.15) is 17.2 Å². The van der Waals surface area contributed by atoms with E-state index in [9.17, 15) is 9.59 Å². The molecular formula is C37H41N5O4. The van der Waals surface area contributed by atoms with Gasteiger partial charge in [-0.1, -0.05) is 56.7 Å². The molecule has 1 atom stereocenters. The minimum absolute atomic E-state index is 0.0693. The Hall–Kier alpha value is -4.89. The normalized spacial score (nSPS) is 14.6. The van der Waals surface area contributed by atoms with Gasteiger partial charge in [0, 0.05) is 22.6 Å². The van der Waals surface area contributed by atoms with E-state index in [-0.39, 0.29) is 17.1 Å². The minimum Gasteiger partial charge on any atom is -0.497 e. The average molecular weight is 620 g/mol. The second kappa shape index (κ2) is 12.8. The molecule has 0 aliphatic carbocycles. The number of furan rings is 1. The van der Waals surface area contributed by atoms with Crippen molar-refractivity contribution in [2.75, 3.05) is 30.8 Å². The summed E-state index contributed by atoms with van der Waals surface area (Å²) in [6.45, 7) is 9.94.